The van der Waals surface area contributed by atoms with E-state index in [1.165, 1.54) is 28.8 Å². The van der Waals surface area contributed by atoms with Crippen LogP contribution < -0.4 is 20.3 Å². The Hall–Kier alpha value is -4.23. The molecule has 0 aromatic heterocycles. The van der Waals surface area contributed by atoms with Crippen molar-refractivity contribution < 1.29 is 23.2 Å². The summed E-state index contributed by atoms with van der Waals surface area (Å²) in [5.41, 5.74) is 5.29. The maximum atomic E-state index is 13.6. The SMILES string of the molecule is CCN(CCO)CC[C@H](CSc1ccccc1)Nc1ccc(S(=O)(=O)NC(=O)c2ccc(N3CCN(CC4=C(c5ccc(Cl)cc5)CCC(C)(CN5CCNCC5)C4)CC3)cc2)cc1[N+](=O)[O-].Cl. The number of amides is 1. The average Bonchev–Trinajstić information content (AvgIpc) is 3.33. The smallest absolute Gasteiger partial charge is 0.293 e. The minimum absolute atomic E-state index is 0. The van der Waals surface area contributed by atoms with Crippen LogP contribution in [0.25, 0.3) is 5.57 Å². The predicted molar refractivity (Wildman–Crippen MR) is 278 cm³/mol. The number of rotatable bonds is 21. The summed E-state index contributed by atoms with van der Waals surface area (Å²) in [4.78, 5) is 35.3. The molecule has 14 nitrogen and oxygen atoms in total. The van der Waals surface area contributed by atoms with Crippen LogP contribution in [0.1, 0.15) is 55.5 Å². The van der Waals surface area contributed by atoms with Crippen molar-refractivity contribution in [3.63, 3.8) is 0 Å². The quantitative estimate of drug-likeness (QED) is 0.0365. The molecule has 4 aromatic rings. The second-order valence-corrected chi connectivity index (χ2v) is 21.4. The molecule has 2 aliphatic heterocycles. The number of nitro groups is 1. The number of nitrogens with one attached hydrogen (secondary N) is 3. The molecule has 18 heteroatoms. The number of anilines is 2. The first-order chi connectivity index (χ1) is 32.3. The number of nitrogens with zero attached hydrogens (tertiary/aromatic N) is 5. The van der Waals surface area contributed by atoms with Gasteiger partial charge < -0.3 is 30.4 Å². The summed E-state index contributed by atoms with van der Waals surface area (Å²) >= 11 is 7.90. The number of carbonyl (C=O) groups excluding carboxylic acids is 1. The van der Waals surface area contributed by atoms with Gasteiger partial charge in [0.25, 0.3) is 21.6 Å². The third kappa shape index (κ3) is 14.7. The monoisotopic (exact) mass is 1010 g/mol. The van der Waals surface area contributed by atoms with Crippen LogP contribution in [0.15, 0.2) is 112 Å². The number of sulfonamides is 1. The van der Waals surface area contributed by atoms with Crippen molar-refractivity contribution in [3.8, 4) is 0 Å². The number of thioether (sulfide) groups is 1. The molecule has 4 aromatic carbocycles. The van der Waals surface area contributed by atoms with Gasteiger partial charge in [0, 0.05) is 118 Å². The molecule has 7 rings (SSSR count). The number of nitro benzene ring substituents is 1. The Morgan fingerprint density at radius 1 is 0.956 bits per heavy atom. The number of halogens is 2. The normalized spacial score (nSPS) is 18.8. The van der Waals surface area contributed by atoms with Gasteiger partial charge in [0.15, 0.2) is 0 Å². The van der Waals surface area contributed by atoms with Gasteiger partial charge in [-0.1, -0.05) is 61.4 Å². The van der Waals surface area contributed by atoms with Crippen LogP contribution in [0.2, 0.25) is 5.02 Å². The average molecular weight is 1010 g/mol. The number of carbonyl (C=O) groups is 1. The molecule has 2 atom stereocenters. The number of aliphatic hydroxyl groups is 1. The van der Waals surface area contributed by atoms with Crippen LogP contribution in [-0.4, -0.2) is 143 Å². The van der Waals surface area contributed by atoms with E-state index in [1.54, 1.807) is 23.9 Å². The fourth-order valence-electron chi connectivity index (χ4n) is 9.50. The Bertz CT molecular complexity index is 2420. The summed E-state index contributed by atoms with van der Waals surface area (Å²) in [6.07, 6.45) is 3.89. The van der Waals surface area contributed by atoms with Gasteiger partial charge in [-0.25, -0.2) is 13.1 Å². The Morgan fingerprint density at radius 2 is 1.66 bits per heavy atom. The largest absolute Gasteiger partial charge is 0.395 e. The number of aliphatic hydroxyl groups excluding tert-OH is 1. The van der Waals surface area contributed by atoms with E-state index in [9.17, 15) is 28.4 Å². The van der Waals surface area contributed by atoms with E-state index in [-0.39, 0.29) is 41.7 Å². The van der Waals surface area contributed by atoms with Crippen molar-refractivity contribution in [1.82, 2.24) is 24.7 Å². The molecular formula is C50H66Cl2N8O6S2. The van der Waals surface area contributed by atoms with Crippen molar-refractivity contribution >= 4 is 74.3 Å². The highest BCUT2D eigenvalue weighted by molar-refractivity contribution is 7.99. The van der Waals surface area contributed by atoms with E-state index < -0.39 is 31.4 Å². The van der Waals surface area contributed by atoms with Crippen LogP contribution in [0, 0.1) is 15.5 Å². The molecule has 3 aliphatic rings. The first kappa shape index (κ1) is 53.1. The molecular weight excluding hydrogens is 944 g/mol. The lowest BCUT2D eigenvalue weighted by Gasteiger charge is -2.43. The van der Waals surface area contributed by atoms with Crippen LogP contribution in [0.3, 0.4) is 0 Å². The summed E-state index contributed by atoms with van der Waals surface area (Å²) in [5, 5.41) is 29.4. The third-order valence-corrected chi connectivity index (χ3v) is 16.0. The fraction of sp³-hybridized carbons (Fsp3) is 0.460. The van der Waals surface area contributed by atoms with Crippen LogP contribution in [-0.2, 0) is 10.0 Å². The lowest BCUT2D eigenvalue weighted by molar-refractivity contribution is -0.384. The van der Waals surface area contributed by atoms with Crippen molar-refractivity contribution in [2.75, 3.05) is 108 Å². The Balaban J connectivity index is 0.00000761. The molecule has 368 valence electrons. The van der Waals surface area contributed by atoms with Gasteiger partial charge >= 0.3 is 0 Å². The summed E-state index contributed by atoms with van der Waals surface area (Å²) in [7, 11) is -4.47. The third-order valence-electron chi connectivity index (χ3n) is 13.2. The molecule has 2 fully saturated rings. The van der Waals surface area contributed by atoms with Crippen molar-refractivity contribution in [2.45, 2.75) is 55.4 Å². The second kappa shape index (κ2) is 25.1. The highest BCUT2D eigenvalue weighted by Gasteiger charge is 2.35. The molecule has 1 amide bonds. The number of piperazine rings is 2. The van der Waals surface area contributed by atoms with E-state index in [2.05, 4.69) is 54.0 Å². The number of allylic oxidation sites excluding steroid dienone is 1. The zero-order chi connectivity index (χ0) is 47.4. The molecule has 0 radical (unpaired) electrons. The van der Waals surface area contributed by atoms with Gasteiger partial charge in [0.05, 0.1) is 16.4 Å². The van der Waals surface area contributed by atoms with Crippen molar-refractivity contribution in [1.29, 1.82) is 0 Å². The molecule has 4 N–H and O–H groups in total. The van der Waals surface area contributed by atoms with Gasteiger partial charge in [-0.3, -0.25) is 19.8 Å². The standard InChI is InChI=1S/C50H65ClN8O6S2.ClH/c1-3-55(31-32-60)24-20-42(36-66-44-7-5-4-6-8-44)53-47-18-17-45(33-48(47)59(62)63)67(64,65)54-49(61)39-11-15-43(16-12-39)58-29-27-56(28-30-58)35-40-34-50(2,37-57-25-22-52-23-26-57)21-19-46(40)38-9-13-41(51)14-10-38;/h4-18,33,42,52-53,60H,3,19-32,34-37H2,1-2H3,(H,54,61);1H/t42-,50?;/m1./s1. The fourth-order valence-corrected chi connectivity index (χ4v) is 11.6. The molecule has 0 spiro atoms. The van der Waals surface area contributed by atoms with Gasteiger partial charge in [-0.05, 0) is 109 Å². The van der Waals surface area contributed by atoms with Crippen molar-refractivity contribution in [2.24, 2.45) is 5.41 Å². The van der Waals surface area contributed by atoms with Crippen LogP contribution in [0.4, 0.5) is 17.1 Å². The summed E-state index contributed by atoms with van der Waals surface area (Å²) in [5.74, 6) is -0.241. The number of hydrogen-bond acceptors (Lipinski definition) is 13. The van der Waals surface area contributed by atoms with Gasteiger partial charge in [-0.15, -0.1) is 24.2 Å². The molecule has 1 aliphatic carbocycles. The van der Waals surface area contributed by atoms with Crippen molar-refractivity contribution in [3.05, 3.63) is 129 Å². The molecule has 0 saturated carbocycles. The molecule has 2 saturated heterocycles. The van der Waals surface area contributed by atoms with Crippen LogP contribution in [0.5, 0.6) is 0 Å². The molecule has 2 heterocycles. The topological polar surface area (TPSA) is 164 Å². The van der Waals surface area contributed by atoms with Crippen LogP contribution >= 0.6 is 35.8 Å². The molecule has 0 bridgehead atoms. The predicted octanol–water partition coefficient (Wildman–Crippen LogP) is 7.74. The van der Waals surface area contributed by atoms with E-state index in [1.807, 2.05) is 61.5 Å². The highest BCUT2D eigenvalue weighted by Crippen LogP contribution is 2.44. The Labute approximate surface area is 417 Å². The summed E-state index contributed by atoms with van der Waals surface area (Å²) in [6, 6.07) is 28.4. The van der Waals surface area contributed by atoms with E-state index >= 15 is 0 Å². The van der Waals surface area contributed by atoms with E-state index in [4.69, 9.17) is 11.6 Å². The number of hydrogen-bond donors (Lipinski definition) is 4. The first-order valence-electron chi connectivity index (χ1n) is 23.4. The Kier molecular flexibility index (Phi) is 19.6. The summed E-state index contributed by atoms with van der Waals surface area (Å²) < 4.78 is 29.2. The molecule has 68 heavy (non-hydrogen) atoms. The Morgan fingerprint density at radius 3 is 2.32 bits per heavy atom. The maximum absolute atomic E-state index is 13.6. The zero-order valence-corrected chi connectivity index (χ0v) is 42.3. The lowest BCUT2D eigenvalue weighted by atomic mass is 9.71. The minimum Gasteiger partial charge on any atom is -0.395 e. The highest BCUT2D eigenvalue weighted by atomic mass is 35.5. The minimum atomic E-state index is -4.47. The lowest BCUT2D eigenvalue weighted by Crippen LogP contribution is -2.49. The number of likely N-dealkylation sites (N-methyl/N-ethyl adjacent to an activating group) is 1. The van der Waals surface area contributed by atoms with E-state index in [0.717, 1.165) is 113 Å². The second-order valence-electron chi connectivity index (χ2n) is 18.2. The number of benzene rings is 4. The van der Waals surface area contributed by atoms with E-state index in [0.29, 0.717) is 25.3 Å². The summed E-state index contributed by atoms with van der Waals surface area (Å²) in [6.45, 7) is 16.1. The van der Waals surface area contributed by atoms with Gasteiger partial charge in [0.1, 0.15) is 5.69 Å². The first-order valence-corrected chi connectivity index (χ1v) is 26.3. The van der Waals surface area contributed by atoms with Gasteiger partial charge in [-0.2, -0.15) is 0 Å². The van der Waals surface area contributed by atoms with Gasteiger partial charge in [0.2, 0.25) is 0 Å². The zero-order valence-electron chi connectivity index (χ0n) is 39.1. The maximum Gasteiger partial charge on any atom is 0.293 e. The molecule has 1 unspecified atom stereocenters.